The van der Waals surface area contributed by atoms with Gasteiger partial charge in [0.25, 0.3) is 0 Å². The minimum atomic E-state index is 0.0995. The summed E-state index contributed by atoms with van der Waals surface area (Å²) in [6.07, 6.45) is 4.47. The van der Waals surface area contributed by atoms with Crippen LogP contribution in [0.25, 0.3) is 0 Å². The smallest absolute Gasteiger partial charge is 0.0692 e. The van der Waals surface area contributed by atoms with Crippen LogP contribution >= 0.6 is 27.3 Å². The standard InChI is InChI=1S/C15H24BrNOS/c1-4-15(5-2)10-12(6-8-18-15)17-11(3)14-13(16)7-9-19-14/h7,9,11-12,17H,4-6,8,10H2,1-3H3. The zero-order chi connectivity index (χ0) is 13.9. The lowest BCUT2D eigenvalue weighted by Crippen LogP contribution is -2.47. The van der Waals surface area contributed by atoms with Gasteiger partial charge in [0.05, 0.1) is 5.60 Å². The maximum atomic E-state index is 6.04. The van der Waals surface area contributed by atoms with Crippen LogP contribution in [-0.4, -0.2) is 18.2 Å². The summed E-state index contributed by atoms with van der Waals surface area (Å²) in [5.41, 5.74) is 0.0995. The van der Waals surface area contributed by atoms with E-state index in [1.165, 1.54) is 9.35 Å². The van der Waals surface area contributed by atoms with Gasteiger partial charge in [0.15, 0.2) is 0 Å². The molecule has 2 unspecified atom stereocenters. The van der Waals surface area contributed by atoms with Crippen LogP contribution in [0.5, 0.6) is 0 Å². The lowest BCUT2D eigenvalue weighted by molar-refractivity contribution is -0.0939. The second-order valence-corrected chi connectivity index (χ2v) is 7.25. The maximum Gasteiger partial charge on any atom is 0.0692 e. The van der Waals surface area contributed by atoms with Crippen molar-refractivity contribution < 1.29 is 4.74 Å². The first-order valence-electron chi connectivity index (χ1n) is 7.23. The monoisotopic (exact) mass is 345 g/mol. The Balaban J connectivity index is 1.97. The van der Waals surface area contributed by atoms with Gasteiger partial charge >= 0.3 is 0 Å². The average molecular weight is 346 g/mol. The van der Waals surface area contributed by atoms with E-state index < -0.39 is 0 Å². The molecule has 0 saturated carbocycles. The van der Waals surface area contributed by atoms with E-state index >= 15 is 0 Å². The second kappa shape index (κ2) is 6.70. The van der Waals surface area contributed by atoms with Crippen molar-refractivity contribution in [3.05, 3.63) is 20.8 Å². The van der Waals surface area contributed by atoms with E-state index in [-0.39, 0.29) is 5.60 Å². The van der Waals surface area contributed by atoms with E-state index in [2.05, 4.69) is 53.5 Å². The lowest BCUT2D eigenvalue weighted by Gasteiger charge is -2.41. The molecule has 2 rings (SSSR count). The largest absolute Gasteiger partial charge is 0.375 e. The Morgan fingerprint density at radius 2 is 2.26 bits per heavy atom. The van der Waals surface area contributed by atoms with Crippen LogP contribution in [0.3, 0.4) is 0 Å². The number of nitrogens with one attached hydrogen (secondary N) is 1. The Labute approximate surface area is 129 Å². The molecular weight excluding hydrogens is 322 g/mol. The predicted octanol–water partition coefficient (Wildman–Crippen LogP) is 4.90. The predicted molar refractivity (Wildman–Crippen MR) is 85.9 cm³/mol. The number of ether oxygens (including phenoxy) is 1. The fourth-order valence-electron chi connectivity index (χ4n) is 2.96. The number of hydrogen-bond donors (Lipinski definition) is 1. The third-order valence-corrected chi connectivity index (χ3v) is 6.36. The fraction of sp³-hybridized carbons (Fsp3) is 0.733. The first-order valence-corrected chi connectivity index (χ1v) is 8.90. The SMILES string of the molecule is CCC1(CC)CC(NC(C)c2sccc2Br)CCO1. The van der Waals surface area contributed by atoms with Crippen molar-refractivity contribution in [3.8, 4) is 0 Å². The Kier molecular flexibility index (Phi) is 5.46. The quantitative estimate of drug-likeness (QED) is 0.819. The highest BCUT2D eigenvalue weighted by Gasteiger charge is 2.35. The summed E-state index contributed by atoms with van der Waals surface area (Å²) in [5.74, 6) is 0. The number of halogens is 1. The van der Waals surface area contributed by atoms with Crippen LogP contribution in [0.4, 0.5) is 0 Å². The molecule has 1 aromatic heterocycles. The molecule has 1 aliphatic heterocycles. The van der Waals surface area contributed by atoms with Gasteiger partial charge < -0.3 is 10.1 Å². The summed E-state index contributed by atoms with van der Waals surface area (Å²) < 4.78 is 7.27. The van der Waals surface area contributed by atoms with Crippen LogP contribution in [0.2, 0.25) is 0 Å². The van der Waals surface area contributed by atoms with Crippen molar-refractivity contribution in [2.24, 2.45) is 0 Å². The molecule has 1 saturated heterocycles. The highest BCUT2D eigenvalue weighted by molar-refractivity contribution is 9.10. The molecular formula is C15H24BrNOS. The van der Waals surface area contributed by atoms with E-state index in [9.17, 15) is 0 Å². The average Bonchev–Trinajstić information content (AvgIpc) is 2.85. The van der Waals surface area contributed by atoms with Crippen molar-refractivity contribution in [1.82, 2.24) is 5.32 Å². The first kappa shape index (κ1) is 15.5. The van der Waals surface area contributed by atoms with Crippen molar-refractivity contribution in [2.75, 3.05) is 6.61 Å². The van der Waals surface area contributed by atoms with Gasteiger partial charge in [0, 0.05) is 28.0 Å². The zero-order valence-electron chi connectivity index (χ0n) is 12.0. The fourth-order valence-corrected chi connectivity index (χ4v) is 4.69. The summed E-state index contributed by atoms with van der Waals surface area (Å²) in [6, 6.07) is 3.10. The van der Waals surface area contributed by atoms with E-state index in [1.54, 1.807) is 0 Å². The van der Waals surface area contributed by atoms with E-state index in [0.29, 0.717) is 12.1 Å². The molecule has 2 heterocycles. The third-order valence-electron chi connectivity index (χ3n) is 4.31. The molecule has 0 amide bonds. The van der Waals surface area contributed by atoms with Gasteiger partial charge in [-0.15, -0.1) is 11.3 Å². The van der Waals surface area contributed by atoms with Crippen molar-refractivity contribution in [1.29, 1.82) is 0 Å². The van der Waals surface area contributed by atoms with Gasteiger partial charge in [-0.1, -0.05) is 13.8 Å². The van der Waals surface area contributed by atoms with E-state index in [0.717, 1.165) is 32.3 Å². The van der Waals surface area contributed by atoms with E-state index in [1.807, 2.05) is 11.3 Å². The maximum absolute atomic E-state index is 6.04. The highest BCUT2D eigenvalue weighted by atomic mass is 79.9. The van der Waals surface area contributed by atoms with Gasteiger partial charge in [-0.2, -0.15) is 0 Å². The molecule has 108 valence electrons. The zero-order valence-corrected chi connectivity index (χ0v) is 14.4. The van der Waals surface area contributed by atoms with Crippen molar-refractivity contribution >= 4 is 27.3 Å². The van der Waals surface area contributed by atoms with Gasteiger partial charge in [0.1, 0.15) is 0 Å². The van der Waals surface area contributed by atoms with Crippen LogP contribution in [0, 0.1) is 0 Å². The Hall–Kier alpha value is 0.1000. The second-order valence-electron chi connectivity index (χ2n) is 5.45. The third kappa shape index (κ3) is 3.60. The van der Waals surface area contributed by atoms with Gasteiger partial charge in [-0.25, -0.2) is 0 Å². The molecule has 19 heavy (non-hydrogen) atoms. The molecule has 0 bridgehead atoms. The minimum Gasteiger partial charge on any atom is -0.375 e. The highest BCUT2D eigenvalue weighted by Crippen LogP contribution is 2.34. The number of hydrogen-bond acceptors (Lipinski definition) is 3. The van der Waals surface area contributed by atoms with Gasteiger partial charge in [-0.05, 0) is 60.0 Å². The van der Waals surface area contributed by atoms with Crippen LogP contribution in [0.1, 0.15) is 57.4 Å². The Morgan fingerprint density at radius 3 is 2.84 bits per heavy atom. The Morgan fingerprint density at radius 1 is 1.53 bits per heavy atom. The summed E-state index contributed by atoms with van der Waals surface area (Å²) in [7, 11) is 0. The molecule has 0 aliphatic carbocycles. The normalized spacial score (nSPS) is 24.3. The molecule has 0 spiro atoms. The molecule has 0 aromatic carbocycles. The summed E-state index contributed by atoms with van der Waals surface area (Å²) in [6.45, 7) is 7.62. The van der Waals surface area contributed by atoms with Crippen LogP contribution < -0.4 is 5.32 Å². The molecule has 2 nitrogen and oxygen atoms in total. The molecule has 1 fully saturated rings. The van der Waals surface area contributed by atoms with Crippen molar-refractivity contribution in [2.45, 2.75) is 64.1 Å². The molecule has 1 N–H and O–H groups in total. The number of thiophene rings is 1. The first-order chi connectivity index (χ1) is 9.10. The topological polar surface area (TPSA) is 21.3 Å². The Bertz CT molecular complexity index is 403. The van der Waals surface area contributed by atoms with Crippen molar-refractivity contribution in [3.63, 3.8) is 0 Å². The van der Waals surface area contributed by atoms with Gasteiger partial charge in [-0.3, -0.25) is 0 Å². The molecule has 4 heteroatoms. The lowest BCUT2D eigenvalue weighted by atomic mass is 9.85. The summed E-state index contributed by atoms with van der Waals surface area (Å²) in [4.78, 5) is 1.39. The molecule has 2 atom stereocenters. The minimum absolute atomic E-state index is 0.0995. The summed E-state index contributed by atoms with van der Waals surface area (Å²) >= 11 is 5.44. The molecule has 1 aromatic rings. The van der Waals surface area contributed by atoms with Gasteiger partial charge in [0.2, 0.25) is 0 Å². The molecule has 1 aliphatic rings. The molecule has 0 radical (unpaired) electrons. The van der Waals surface area contributed by atoms with Crippen LogP contribution in [-0.2, 0) is 4.74 Å². The number of rotatable bonds is 5. The summed E-state index contributed by atoms with van der Waals surface area (Å²) in [5, 5.41) is 5.93. The van der Waals surface area contributed by atoms with Crippen LogP contribution in [0.15, 0.2) is 15.9 Å². The van der Waals surface area contributed by atoms with E-state index in [4.69, 9.17) is 4.74 Å².